The summed E-state index contributed by atoms with van der Waals surface area (Å²) in [5, 5.41) is 13.6. The van der Waals surface area contributed by atoms with Crippen molar-refractivity contribution in [1.82, 2.24) is 10.6 Å². The molecular formula is C21H20F4N4O3S. The number of benzene rings is 2. The average Bonchev–Trinajstić information content (AvgIpc) is 3.51. The number of nitrogens with one attached hydrogen (secondary N) is 3. The molecule has 0 heterocycles. The Bertz CT molecular complexity index is 1130. The molecule has 1 amide bonds. The molecule has 0 aliphatic heterocycles. The van der Waals surface area contributed by atoms with E-state index in [-0.39, 0.29) is 5.69 Å². The summed E-state index contributed by atoms with van der Waals surface area (Å²) >= 11 is 0. The largest absolute Gasteiger partial charge is 0.407 e. The van der Waals surface area contributed by atoms with Crippen LogP contribution in [0.15, 0.2) is 54.6 Å². The fourth-order valence-electron chi connectivity index (χ4n) is 3.10. The summed E-state index contributed by atoms with van der Waals surface area (Å²) < 4.78 is 82.2. The van der Waals surface area contributed by atoms with E-state index in [0.29, 0.717) is 12.8 Å². The Labute approximate surface area is 187 Å². The molecule has 7 nitrogen and oxygen atoms in total. The molecule has 3 rings (SSSR count). The number of alkyl halides is 3. The van der Waals surface area contributed by atoms with Crippen molar-refractivity contribution in [3.8, 4) is 6.07 Å². The molecule has 1 saturated carbocycles. The summed E-state index contributed by atoms with van der Waals surface area (Å²) in [4.78, 5) is 12.8. The molecule has 0 saturated heterocycles. The van der Waals surface area contributed by atoms with E-state index in [1.54, 1.807) is 18.2 Å². The number of carbonyl (C=O) groups is 1. The first-order chi connectivity index (χ1) is 15.4. The molecule has 0 radical (unpaired) electrons. The minimum Gasteiger partial charge on any atom is -0.336 e. The fraction of sp³-hybridized carbons (Fsp3) is 0.333. The van der Waals surface area contributed by atoms with E-state index < -0.39 is 56.9 Å². The molecule has 0 bridgehead atoms. The standard InChI is InChI=1S/C21H20F4N4O3S/c22-15-8-6-14(7-9-15)18(21(23,24)25)27-17(19(30)28-20(13-26)10-11-20)12-33(31,32)29-16-4-2-1-3-5-16/h1-9,17-18,27,29H,10-12H2,(H,28,30)/t17?,18-/m1/s1. The topological polar surface area (TPSA) is 111 Å². The van der Waals surface area contributed by atoms with E-state index in [9.17, 15) is 36.0 Å². The fourth-order valence-corrected chi connectivity index (χ4v) is 4.36. The number of hydrogen-bond acceptors (Lipinski definition) is 5. The van der Waals surface area contributed by atoms with Crippen LogP contribution in [0, 0.1) is 17.1 Å². The third kappa shape index (κ3) is 6.66. The summed E-state index contributed by atoms with van der Waals surface area (Å²) in [5.41, 5.74) is -1.47. The molecule has 1 fully saturated rings. The van der Waals surface area contributed by atoms with Crippen molar-refractivity contribution in [2.75, 3.05) is 10.5 Å². The Kier molecular flexibility index (Phi) is 6.94. The SMILES string of the molecule is N#CC1(NC(=O)C(CS(=O)(=O)Nc2ccccc2)N[C@H](c2ccc(F)cc2)C(F)(F)F)CC1. The first-order valence-corrected chi connectivity index (χ1v) is 11.5. The van der Waals surface area contributed by atoms with Crippen LogP contribution in [0.2, 0.25) is 0 Å². The van der Waals surface area contributed by atoms with Gasteiger partial charge in [0.25, 0.3) is 0 Å². The number of para-hydroxylation sites is 1. The molecule has 176 valence electrons. The summed E-state index contributed by atoms with van der Waals surface area (Å²) in [6.07, 6.45) is -4.32. The number of anilines is 1. The lowest BCUT2D eigenvalue weighted by molar-refractivity contribution is -0.160. The molecule has 3 N–H and O–H groups in total. The molecular weight excluding hydrogens is 464 g/mol. The number of hydrogen-bond donors (Lipinski definition) is 3. The van der Waals surface area contributed by atoms with Crippen molar-refractivity contribution < 1.29 is 30.8 Å². The summed E-state index contributed by atoms with van der Waals surface area (Å²) in [5.74, 6) is -2.86. The molecule has 0 aromatic heterocycles. The zero-order valence-electron chi connectivity index (χ0n) is 17.1. The second-order valence-electron chi connectivity index (χ2n) is 7.68. The number of nitrogens with zero attached hydrogens (tertiary/aromatic N) is 1. The van der Waals surface area contributed by atoms with E-state index >= 15 is 0 Å². The van der Waals surface area contributed by atoms with Crippen molar-refractivity contribution in [3.05, 3.63) is 66.0 Å². The monoisotopic (exact) mass is 484 g/mol. The third-order valence-corrected chi connectivity index (χ3v) is 6.29. The van der Waals surface area contributed by atoms with Crippen molar-refractivity contribution in [2.45, 2.75) is 36.6 Å². The Morgan fingerprint density at radius 1 is 1.09 bits per heavy atom. The van der Waals surface area contributed by atoms with Gasteiger partial charge in [-0.2, -0.15) is 18.4 Å². The highest BCUT2D eigenvalue weighted by molar-refractivity contribution is 7.92. The maximum Gasteiger partial charge on any atom is 0.407 e. The van der Waals surface area contributed by atoms with Gasteiger partial charge < -0.3 is 5.32 Å². The van der Waals surface area contributed by atoms with Crippen LogP contribution in [0.3, 0.4) is 0 Å². The summed E-state index contributed by atoms with van der Waals surface area (Å²) in [7, 11) is -4.28. The van der Waals surface area contributed by atoms with Crippen LogP contribution >= 0.6 is 0 Å². The van der Waals surface area contributed by atoms with Crippen LogP contribution < -0.4 is 15.4 Å². The second kappa shape index (κ2) is 9.36. The minimum absolute atomic E-state index is 0.165. The Balaban J connectivity index is 1.89. The zero-order chi connectivity index (χ0) is 24.3. The summed E-state index contributed by atoms with van der Waals surface area (Å²) in [6, 6.07) is 8.61. The molecule has 1 aliphatic rings. The summed E-state index contributed by atoms with van der Waals surface area (Å²) in [6.45, 7) is 0. The number of carbonyl (C=O) groups excluding carboxylic acids is 1. The molecule has 33 heavy (non-hydrogen) atoms. The smallest absolute Gasteiger partial charge is 0.336 e. The lowest BCUT2D eigenvalue weighted by Crippen LogP contribution is -2.54. The van der Waals surface area contributed by atoms with Crippen LogP contribution in [0.25, 0.3) is 0 Å². The van der Waals surface area contributed by atoms with Crippen molar-refractivity contribution >= 4 is 21.6 Å². The van der Waals surface area contributed by atoms with Crippen LogP contribution in [-0.2, 0) is 14.8 Å². The molecule has 2 atom stereocenters. The molecule has 1 unspecified atom stereocenters. The average molecular weight is 484 g/mol. The van der Waals surface area contributed by atoms with Crippen LogP contribution in [-0.4, -0.2) is 37.8 Å². The third-order valence-electron chi connectivity index (χ3n) is 4.97. The number of halogens is 4. The highest BCUT2D eigenvalue weighted by Gasteiger charge is 2.48. The Morgan fingerprint density at radius 2 is 1.70 bits per heavy atom. The van der Waals surface area contributed by atoms with Gasteiger partial charge in [0.05, 0.1) is 11.8 Å². The first-order valence-electron chi connectivity index (χ1n) is 9.80. The van der Waals surface area contributed by atoms with Crippen LogP contribution in [0.1, 0.15) is 24.4 Å². The Hall–Kier alpha value is -3.17. The number of rotatable bonds is 9. The van der Waals surface area contributed by atoms with Gasteiger partial charge in [-0.1, -0.05) is 30.3 Å². The number of amides is 1. The van der Waals surface area contributed by atoms with Gasteiger partial charge in [-0.25, -0.2) is 12.8 Å². The molecule has 12 heteroatoms. The maximum atomic E-state index is 13.8. The van der Waals surface area contributed by atoms with Gasteiger partial charge in [-0.3, -0.25) is 14.8 Å². The molecule has 2 aromatic rings. The lowest BCUT2D eigenvalue weighted by Gasteiger charge is -2.28. The Morgan fingerprint density at radius 3 is 2.21 bits per heavy atom. The van der Waals surface area contributed by atoms with E-state index in [0.717, 1.165) is 24.3 Å². The second-order valence-corrected chi connectivity index (χ2v) is 9.45. The first kappa shape index (κ1) is 24.5. The predicted octanol–water partition coefficient (Wildman–Crippen LogP) is 3.00. The van der Waals surface area contributed by atoms with Crippen molar-refractivity contribution in [1.29, 1.82) is 5.26 Å². The van der Waals surface area contributed by atoms with E-state index in [2.05, 4.69) is 15.4 Å². The van der Waals surface area contributed by atoms with Crippen molar-refractivity contribution in [2.24, 2.45) is 0 Å². The maximum absolute atomic E-state index is 13.8. The van der Waals surface area contributed by atoms with E-state index in [1.165, 1.54) is 12.1 Å². The molecule has 0 spiro atoms. The highest BCUT2D eigenvalue weighted by atomic mass is 32.2. The van der Waals surface area contributed by atoms with Gasteiger partial charge in [0, 0.05) is 5.69 Å². The predicted molar refractivity (Wildman–Crippen MR) is 112 cm³/mol. The molecule has 1 aliphatic carbocycles. The van der Waals surface area contributed by atoms with Gasteiger partial charge >= 0.3 is 6.18 Å². The number of sulfonamides is 1. The van der Waals surface area contributed by atoms with Crippen LogP contribution in [0.4, 0.5) is 23.2 Å². The lowest BCUT2D eigenvalue weighted by atomic mass is 10.0. The number of nitriles is 1. The highest BCUT2D eigenvalue weighted by Crippen LogP contribution is 2.35. The van der Waals surface area contributed by atoms with Gasteiger partial charge in [0.15, 0.2) is 0 Å². The quantitative estimate of drug-likeness (QED) is 0.474. The van der Waals surface area contributed by atoms with Gasteiger partial charge in [-0.15, -0.1) is 0 Å². The zero-order valence-corrected chi connectivity index (χ0v) is 17.9. The van der Waals surface area contributed by atoms with E-state index in [1.807, 2.05) is 6.07 Å². The van der Waals surface area contributed by atoms with Gasteiger partial charge in [0.1, 0.15) is 23.4 Å². The molecule has 2 aromatic carbocycles. The van der Waals surface area contributed by atoms with Gasteiger partial charge in [-0.05, 0) is 42.7 Å². The van der Waals surface area contributed by atoms with E-state index in [4.69, 9.17) is 0 Å². The van der Waals surface area contributed by atoms with Crippen LogP contribution in [0.5, 0.6) is 0 Å². The normalized spacial score (nSPS) is 16.8. The minimum atomic E-state index is -4.93. The van der Waals surface area contributed by atoms with Crippen molar-refractivity contribution in [3.63, 3.8) is 0 Å². The van der Waals surface area contributed by atoms with Gasteiger partial charge in [0.2, 0.25) is 15.9 Å².